The van der Waals surface area contributed by atoms with Crippen molar-refractivity contribution in [2.75, 3.05) is 20.8 Å². The van der Waals surface area contributed by atoms with E-state index in [0.717, 1.165) is 5.56 Å². The minimum atomic E-state index is -0.000169. The Hall–Kier alpha value is -2.20. The van der Waals surface area contributed by atoms with Crippen LogP contribution in [0.4, 0.5) is 0 Å². The summed E-state index contributed by atoms with van der Waals surface area (Å²) >= 11 is 6.11. The molecule has 23 heavy (non-hydrogen) atoms. The van der Waals surface area contributed by atoms with Crippen molar-refractivity contribution in [3.05, 3.63) is 59.1 Å². The molecule has 122 valence electrons. The van der Waals surface area contributed by atoms with Crippen LogP contribution in [0.1, 0.15) is 12.0 Å². The van der Waals surface area contributed by atoms with E-state index in [-0.39, 0.29) is 5.91 Å². The summed E-state index contributed by atoms with van der Waals surface area (Å²) < 4.78 is 10.8. The molecular formula is C18H20ClNO3. The van der Waals surface area contributed by atoms with E-state index in [2.05, 4.69) is 0 Å². The molecule has 2 aromatic rings. The van der Waals surface area contributed by atoms with E-state index >= 15 is 0 Å². The number of ether oxygens (including phenoxy) is 2. The van der Waals surface area contributed by atoms with Crippen LogP contribution in [-0.4, -0.2) is 31.6 Å². The minimum Gasteiger partial charge on any atom is -0.493 e. The van der Waals surface area contributed by atoms with Crippen LogP contribution < -0.4 is 9.47 Å². The van der Waals surface area contributed by atoms with E-state index in [1.807, 2.05) is 48.5 Å². The summed E-state index contributed by atoms with van der Waals surface area (Å²) in [6, 6.07) is 14.9. The van der Waals surface area contributed by atoms with Crippen molar-refractivity contribution in [2.24, 2.45) is 0 Å². The molecule has 0 aliphatic rings. The summed E-state index contributed by atoms with van der Waals surface area (Å²) in [7, 11) is 3.35. The van der Waals surface area contributed by atoms with Gasteiger partial charge >= 0.3 is 0 Å². The van der Waals surface area contributed by atoms with Crippen molar-refractivity contribution in [1.82, 2.24) is 4.90 Å². The number of carbonyl (C=O) groups excluding carboxylic acids is 1. The lowest BCUT2D eigenvalue weighted by Crippen LogP contribution is -2.27. The van der Waals surface area contributed by atoms with Gasteiger partial charge in [-0.05, 0) is 23.8 Å². The molecule has 2 aromatic carbocycles. The predicted molar refractivity (Wildman–Crippen MR) is 91.0 cm³/mol. The summed E-state index contributed by atoms with van der Waals surface area (Å²) in [5.41, 5.74) is 0.927. The number of halogens is 1. The van der Waals surface area contributed by atoms with Crippen molar-refractivity contribution < 1.29 is 14.3 Å². The molecule has 1 amide bonds. The maximum Gasteiger partial charge on any atom is 0.226 e. The molecule has 0 saturated carbocycles. The molecule has 0 fully saturated rings. The highest BCUT2D eigenvalue weighted by atomic mass is 35.5. The van der Waals surface area contributed by atoms with Crippen LogP contribution in [0.2, 0.25) is 5.02 Å². The molecule has 5 heteroatoms. The highest BCUT2D eigenvalue weighted by molar-refractivity contribution is 6.31. The number of para-hydroxylation sites is 2. The van der Waals surface area contributed by atoms with Gasteiger partial charge in [-0.15, -0.1) is 0 Å². The second-order valence-corrected chi connectivity index (χ2v) is 5.50. The summed E-state index contributed by atoms with van der Waals surface area (Å²) in [6.45, 7) is 0.777. The average Bonchev–Trinajstić information content (AvgIpc) is 2.57. The van der Waals surface area contributed by atoms with Crippen LogP contribution in [0.15, 0.2) is 48.5 Å². The predicted octanol–water partition coefficient (Wildman–Crippen LogP) is 3.78. The van der Waals surface area contributed by atoms with Crippen LogP contribution in [0.5, 0.6) is 11.5 Å². The fourth-order valence-corrected chi connectivity index (χ4v) is 2.34. The van der Waals surface area contributed by atoms with Crippen LogP contribution >= 0.6 is 11.6 Å². The third-order valence-corrected chi connectivity index (χ3v) is 3.80. The maximum absolute atomic E-state index is 12.2. The first kappa shape index (κ1) is 17.2. The number of methoxy groups -OCH3 is 1. The van der Waals surface area contributed by atoms with Gasteiger partial charge in [0.15, 0.2) is 11.5 Å². The normalized spacial score (nSPS) is 10.2. The van der Waals surface area contributed by atoms with Gasteiger partial charge in [0.1, 0.15) is 0 Å². The van der Waals surface area contributed by atoms with Crippen LogP contribution in [0.3, 0.4) is 0 Å². The Labute approximate surface area is 141 Å². The van der Waals surface area contributed by atoms with E-state index in [9.17, 15) is 4.79 Å². The molecule has 0 N–H and O–H groups in total. The molecule has 0 atom stereocenters. The lowest BCUT2D eigenvalue weighted by Gasteiger charge is -2.18. The van der Waals surface area contributed by atoms with E-state index in [1.165, 1.54) is 0 Å². The monoisotopic (exact) mass is 333 g/mol. The summed E-state index contributed by atoms with van der Waals surface area (Å²) in [5, 5.41) is 0.664. The molecular weight excluding hydrogens is 314 g/mol. The molecule has 0 radical (unpaired) electrons. The van der Waals surface area contributed by atoms with Crippen LogP contribution in [0, 0.1) is 0 Å². The maximum atomic E-state index is 12.2. The second-order valence-electron chi connectivity index (χ2n) is 5.09. The number of nitrogens with zero attached hydrogens (tertiary/aromatic N) is 1. The van der Waals surface area contributed by atoms with Crippen LogP contribution in [0.25, 0.3) is 0 Å². The molecule has 0 bridgehead atoms. The summed E-state index contributed by atoms with van der Waals surface area (Å²) in [5.74, 6) is 1.29. The van der Waals surface area contributed by atoms with E-state index in [1.54, 1.807) is 19.1 Å². The van der Waals surface area contributed by atoms with E-state index < -0.39 is 0 Å². The first-order valence-corrected chi connectivity index (χ1v) is 7.73. The molecule has 0 aliphatic heterocycles. The third kappa shape index (κ3) is 4.89. The van der Waals surface area contributed by atoms with Crippen molar-refractivity contribution in [2.45, 2.75) is 13.0 Å². The fourth-order valence-electron chi connectivity index (χ4n) is 2.15. The fraction of sp³-hybridized carbons (Fsp3) is 0.278. The van der Waals surface area contributed by atoms with Crippen molar-refractivity contribution >= 4 is 17.5 Å². The number of amides is 1. The van der Waals surface area contributed by atoms with Gasteiger partial charge in [0, 0.05) is 18.6 Å². The Bertz CT molecular complexity index is 660. The van der Waals surface area contributed by atoms with Gasteiger partial charge < -0.3 is 14.4 Å². The Morgan fingerprint density at radius 1 is 1.09 bits per heavy atom. The smallest absolute Gasteiger partial charge is 0.226 e. The number of rotatable bonds is 7. The average molecular weight is 334 g/mol. The topological polar surface area (TPSA) is 38.8 Å². The highest BCUT2D eigenvalue weighted by Crippen LogP contribution is 2.25. The molecule has 0 aromatic heterocycles. The molecule has 0 unspecified atom stereocenters. The number of benzene rings is 2. The van der Waals surface area contributed by atoms with E-state index in [0.29, 0.717) is 36.1 Å². The van der Waals surface area contributed by atoms with Gasteiger partial charge in [-0.3, -0.25) is 4.79 Å². The first-order chi connectivity index (χ1) is 11.1. The quantitative estimate of drug-likeness (QED) is 0.774. The van der Waals surface area contributed by atoms with Crippen molar-refractivity contribution in [3.63, 3.8) is 0 Å². The zero-order valence-corrected chi connectivity index (χ0v) is 14.0. The summed E-state index contributed by atoms with van der Waals surface area (Å²) in [4.78, 5) is 13.8. The third-order valence-electron chi connectivity index (χ3n) is 3.43. The standard InChI is InChI=1S/C18H20ClNO3/c1-20(13-14-7-3-4-8-15(14)19)18(21)11-12-23-17-10-6-5-9-16(17)22-2/h3-10H,11-13H2,1-2H3. The molecule has 0 aliphatic carbocycles. The lowest BCUT2D eigenvalue weighted by molar-refractivity contribution is -0.130. The molecule has 0 spiro atoms. The molecule has 0 heterocycles. The summed E-state index contributed by atoms with van der Waals surface area (Å²) in [6.07, 6.45) is 0.291. The van der Waals surface area contributed by atoms with Gasteiger partial charge in [0.05, 0.1) is 20.1 Å². The highest BCUT2D eigenvalue weighted by Gasteiger charge is 2.11. The van der Waals surface area contributed by atoms with Gasteiger partial charge in [-0.1, -0.05) is 41.9 Å². The Morgan fingerprint density at radius 3 is 2.43 bits per heavy atom. The number of hydrogen-bond donors (Lipinski definition) is 0. The molecule has 2 rings (SSSR count). The van der Waals surface area contributed by atoms with Crippen LogP contribution in [-0.2, 0) is 11.3 Å². The first-order valence-electron chi connectivity index (χ1n) is 7.35. The number of hydrogen-bond acceptors (Lipinski definition) is 3. The van der Waals surface area contributed by atoms with Crippen molar-refractivity contribution in [1.29, 1.82) is 0 Å². The van der Waals surface area contributed by atoms with Gasteiger partial charge in [0.2, 0.25) is 5.91 Å². The minimum absolute atomic E-state index is 0.000169. The van der Waals surface area contributed by atoms with Gasteiger partial charge in [-0.25, -0.2) is 0 Å². The lowest BCUT2D eigenvalue weighted by atomic mass is 10.2. The van der Waals surface area contributed by atoms with E-state index in [4.69, 9.17) is 21.1 Å². The SMILES string of the molecule is COc1ccccc1OCCC(=O)N(C)Cc1ccccc1Cl. The zero-order chi connectivity index (χ0) is 16.7. The number of carbonyl (C=O) groups is 1. The largest absolute Gasteiger partial charge is 0.493 e. The zero-order valence-electron chi connectivity index (χ0n) is 13.3. The Kier molecular flexibility index (Phi) is 6.29. The Balaban J connectivity index is 1.83. The molecule has 4 nitrogen and oxygen atoms in total. The van der Waals surface area contributed by atoms with Gasteiger partial charge in [-0.2, -0.15) is 0 Å². The van der Waals surface area contributed by atoms with Crippen molar-refractivity contribution in [3.8, 4) is 11.5 Å². The molecule has 0 saturated heterocycles. The Morgan fingerprint density at radius 2 is 1.74 bits per heavy atom. The van der Waals surface area contributed by atoms with Gasteiger partial charge in [0.25, 0.3) is 0 Å². The second kappa shape index (κ2) is 8.44.